The van der Waals surface area contributed by atoms with Crippen LogP contribution in [0.25, 0.3) is 82.2 Å². The minimum Gasteiger partial charge on any atom is -0.306 e. The molecule has 0 N–H and O–H groups in total. The molecule has 8 aromatic carbocycles. The summed E-state index contributed by atoms with van der Waals surface area (Å²) in [6.45, 7) is 0. The maximum atomic E-state index is 10.0. The summed E-state index contributed by atoms with van der Waals surface area (Å²) >= 11 is 0. The van der Waals surface area contributed by atoms with E-state index in [2.05, 4.69) is 107 Å². The van der Waals surface area contributed by atoms with Crippen LogP contribution >= 0.6 is 0 Å². The van der Waals surface area contributed by atoms with E-state index in [-0.39, 0.29) is 0 Å². The van der Waals surface area contributed by atoms with Crippen molar-refractivity contribution in [2.24, 2.45) is 0 Å². The highest BCUT2D eigenvalue weighted by atomic mass is 15.2. The number of fused-ring (bicyclic) bond motifs is 12. The topological polar surface area (TPSA) is 81.5 Å². The Labute approximate surface area is 297 Å². The number of anilines is 3. The summed E-state index contributed by atoms with van der Waals surface area (Å²) in [5.74, 6) is 0. The van der Waals surface area contributed by atoms with Gasteiger partial charge in [0.1, 0.15) is 0 Å². The summed E-state index contributed by atoms with van der Waals surface area (Å²) < 4.78 is 2.31. The van der Waals surface area contributed by atoms with Gasteiger partial charge in [-0.15, -0.1) is 0 Å². The maximum absolute atomic E-state index is 10.0. The van der Waals surface area contributed by atoms with E-state index in [1.165, 1.54) is 0 Å². The van der Waals surface area contributed by atoms with E-state index < -0.39 is 0 Å². The summed E-state index contributed by atoms with van der Waals surface area (Å²) in [5, 5.41) is 26.0. The zero-order chi connectivity index (χ0) is 34.5. The van der Waals surface area contributed by atoms with E-state index >= 15 is 0 Å². The number of aromatic nitrogens is 3. The van der Waals surface area contributed by atoms with Crippen LogP contribution in [0.1, 0.15) is 11.1 Å². The predicted molar refractivity (Wildman–Crippen MR) is 210 cm³/mol. The average Bonchev–Trinajstić information content (AvgIpc) is 3.55. The van der Waals surface area contributed by atoms with Gasteiger partial charge in [0.15, 0.2) is 0 Å². The van der Waals surface area contributed by atoms with Crippen LogP contribution in [0, 0.1) is 22.7 Å². The molecule has 1 aliphatic heterocycles. The van der Waals surface area contributed by atoms with Crippen molar-refractivity contribution in [1.29, 1.82) is 10.5 Å². The van der Waals surface area contributed by atoms with Gasteiger partial charge in [0.25, 0.3) is 0 Å². The Balaban J connectivity index is 1.19. The lowest BCUT2D eigenvalue weighted by Gasteiger charge is -2.33. The second kappa shape index (κ2) is 10.5. The SMILES string of the molecule is N#Cc1ccc(-c2ccc3c(c2)c2cccc4c2n3-c2cc(C#N)ccc2N4c2ccc3c(c2)c2ccccc2c2nc4ccccc4nc32)cc1. The number of hydrogen-bond donors (Lipinski definition) is 0. The van der Waals surface area contributed by atoms with Gasteiger partial charge in [0, 0.05) is 27.2 Å². The van der Waals surface area contributed by atoms with Gasteiger partial charge in [-0.05, 0) is 94.7 Å². The van der Waals surface area contributed by atoms with Crippen LogP contribution in [-0.4, -0.2) is 14.5 Å². The van der Waals surface area contributed by atoms with Gasteiger partial charge in [0.05, 0.1) is 73.4 Å². The molecule has 6 heteroatoms. The fraction of sp³-hybridized carbons (Fsp3) is 0. The van der Waals surface area contributed by atoms with Crippen molar-refractivity contribution in [3.63, 3.8) is 0 Å². The standard InChI is InChI=1S/C46H24N6/c47-25-27-12-15-29(16-13-27)30-17-21-40-37(23-30)35-8-5-11-42-46(35)52(40)43-22-28(26-48)14-20-41(43)51(42)31-18-19-34-36(24-31)32-6-1-2-7-33(32)44-45(34)50-39-10-4-3-9-38(39)49-44/h1-24H. The Kier molecular flexibility index (Phi) is 5.71. The molecule has 0 fully saturated rings. The first-order valence-electron chi connectivity index (χ1n) is 17.1. The van der Waals surface area contributed by atoms with E-state index in [0.29, 0.717) is 11.1 Å². The quantitative estimate of drug-likeness (QED) is 0.136. The Morgan fingerprint density at radius 1 is 0.442 bits per heavy atom. The van der Waals surface area contributed by atoms with Crippen molar-refractivity contribution in [2.75, 3.05) is 4.90 Å². The van der Waals surface area contributed by atoms with E-state index in [1.807, 2.05) is 60.7 Å². The molecule has 0 saturated carbocycles. The van der Waals surface area contributed by atoms with Crippen LogP contribution in [-0.2, 0) is 0 Å². The van der Waals surface area contributed by atoms with Crippen LogP contribution in [0.4, 0.5) is 17.1 Å². The average molecular weight is 661 g/mol. The number of nitriles is 2. The van der Waals surface area contributed by atoms with E-state index in [4.69, 9.17) is 9.97 Å². The lowest BCUT2D eigenvalue weighted by Crippen LogP contribution is -2.18. The van der Waals surface area contributed by atoms with Gasteiger partial charge < -0.3 is 9.47 Å². The molecular weight excluding hydrogens is 637 g/mol. The number of rotatable bonds is 2. The Morgan fingerprint density at radius 2 is 1.12 bits per heavy atom. The summed E-state index contributed by atoms with van der Waals surface area (Å²) in [6, 6.07) is 54.4. The molecule has 6 nitrogen and oxygen atoms in total. The second-order valence-electron chi connectivity index (χ2n) is 13.3. The van der Waals surface area contributed by atoms with Crippen LogP contribution < -0.4 is 4.90 Å². The second-order valence-corrected chi connectivity index (χ2v) is 13.3. The lowest BCUT2D eigenvalue weighted by atomic mass is 9.98. The van der Waals surface area contributed by atoms with Gasteiger partial charge in [-0.25, -0.2) is 9.97 Å². The molecule has 1 aliphatic rings. The van der Waals surface area contributed by atoms with Gasteiger partial charge in [-0.1, -0.05) is 72.8 Å². The molecule has 0 radical (unpaired) electrons. The molecule has 0 aliphatic carbocycles. The molecule has 3 heterocycles. The molecule has 2 aromatic heterocycles. The Hall–Kier alpha value is -7.54. The number of benzene rings is 8. The Bertz CT molecular complexity index is 3270. The third-order valence-corrected chi connectivity index (χ3v) is 10.5. The van der Waals surface area contributed by atoms with E-state index in [9.17, 15) is 10.5 Å². The van der Waals surface area contributed by atoms with Gasteiger partial charge in [0.2, 0.25) is 0 Å². The first kappa shape index (κ1) is 28.3. The first-order chi connectivity index (χ1) is 25.7. The fourth-order valence-corrected chi connectivity index (χ4v) is 8.17. The number of nitrogens with zero attached hydrogens (tertiary/aromatic N) is 6. The third-order valence-electron chi connectivity index (χ3n) is 10.5. The van der Waals surface area contributed by atoms with Crippen molar-refractivity contribution in [3.8, 4) is 29.0 Å². The van der Waals surface area contributed by atoms with Crippen LogP contribution in [0.5, 0.6) is 0 Å². The molecule has 0 bridgehead atoms. The molecule has 0 atom stereocenters. The highest BCUT2D eigenvalue weighted by Gasteiger charge is 2.29. The van der Waals surface area contributed by atoms with Gasteiger partial charge in [-0.2, -0.15) is 10.5 Å². The Morgan fingerprint density at radius 3 is 1.88 bits per heavy atom. The van der Waals surface area contributed by atoms with Crippen molar-refractivity contribution in [3.05, 3.63) is 157 Å². The highest BCUT2D eigenvalue weighted by molar-refractivity contribution is 6.25. The van der Waals surface area contributed by atoms with Crippen molar-refractivity contribution in [2.45, 2.75) is 0 Å². The molecule has 0 unspecified atom stereocenters. The molecule has 10 aromatic rings. The molecule has 238 valence electrons. The van der Waals surface area contributed by atoms with Crippen LogP contribution in [0.2, 0.25) is 0 Å². The maximum Gasteiger partial charge on any atom is 0.0992 e. The van der Waals surface area contributed by atoms with Crippen LogP contribution in [0.15, 0.2) is 146 Å². The highest BCUT2D eigenvalue weighted by Crippen LogP contribution is 2.51. The largest absolute Gasteiger partial charge is 0.306 e. The minimum atomic E-state index is 0.601. The number of hydrogen-bond acceptors (Lipinski definition) is 5. The fourth-order valence-electron chi connectivity index (χ4n) is 8.17. The normalized spacial score (nSPS) is 12.2. The summed E-state index contributed by atoms with van der Waals surface area (Å²) in [7, 11) is 0. The molecule has 52 heavy (non-hydrogen) atoms. The third kappa shape index (κ3) is 3.86. The molecule has 0 saturated heterocycles. The van der Waals surface area contributed by atoms with Crippen molar-refractivity contribution >= 4 is 82.5 Å². The molecule has 0 amide bonds. The molecule has 0 spiro atoms. The molecular formula is C46H24N6. The van der Waals surface area contributed by atoms with Gasteiger partial charge in [-0.3, -0.25) is 0 Å². The monoisotopic (exact) mass is 660 g/mol. The predicted octanol–water partition coefficient (Wildman–Crippen LogP) is 11.4. The zero-order valence-electron chi connectivity index (χ0n) is 27.5. The van der Waals surface area contributed by atoms with E-state index in [1.54, 1.807) is 0 Å². The minimum absolute atomic E-state index is 0.601. The summed E-state index contributed by atoms with van der Waals surface area (Å²) in [5.41, 5.74) is 13.1. The molecule has 11 rings (SSSR count). The van der Waals surface area contributed by atoms with E-state index in [0.717, 1.165) is 99.3 Å². The summed E-state index contributed by atoms with van der Waals surface area (Å²) in [6.07, 6.45) is 0. The van der Waals surface area contributed by atoms with Gasteiger partial charge >= 0.3 is 0 Å². The van der Waals surface area contributed by atoms with Crippen LogP contribution in [0.3, 0.4) is 0 Å². The lowest BCUT2D eigenvalue weighted by molar-refractivity contribution is 1.11. The van der Waals surface area contributed by atoms with Crippen molar-refractivity contribution in [1.82, 2.24) is 14.5 Å². The zero-order valence-corrected chi connectivity index (χ0v) is 27.5. The summed E-state index contributed by atoms with van der Waals surface area (Å²) in [4.78, 5) is 12.6. The first-order valence-corrected chi connectivity index (χ1v) is 17.1. The number of para-hydroxylation sites is 3. The van der Waals surface area contributed by atoms with Crippen molar-refractivity contribution < 1.29 is 0 Å². The smallest absolute Gasteiger partial charge is 0.0992 e.